The van der Waals surface area contributed by atoms with Crippen molar-refractivity contribution in [3.05, 3.63) is 0 Å². The maximum absolute atomic E-state index is 12.4. The minimum atomic E-state index is -0.292. The smallest absolute Gasteiger partial charge is 0.242 e. The fourth-order valence-electron chi connectivity index (χ4n) is 2.66. The second kappa shape index (κ2) is 6.15. The van der Waals surface area contributed by atoms with E-state index in [1.807, 2.05) is 0 Å². The van der Waals surface area contributed by atoms with Crippen LogP contribution in [0.3, 0.4) is 0 Å². The minimum Gasteiger partial charge on any atom is -0.357 e. The van der Waals surface area contributed by atoms with Gasteiger partial charge in [0.05, 0.1) is 6.04 Å². The highest BCUT2D eigenvalue weighted by Gasteiger charge is 2.35. The third kappa shape index (κ3) is 2.81. The van der Waals surface area contributed by atoms with E-state index in [1.165, 1.54) is 0 Å². The highest BCUT2D eigenvalue weighted by Crippen LogP contribution is 2.18. The van der Waals surface area contributed by atoms with Gasteiger partial charge in [-0.15, -0.1) is 0 Å². The summed E-state index contributed by atoms with van der Waals surface area (Å²) in [6, 6.07) is -0.482. The summed E-state index contributed by atoms with van der Waals surface area (Å²) < 4.78 is 0. The maximum Gasteiger partial charge on any atom is 0.242 e. The molecule has 2 aliphatic rings. The van der Waals surface area contributed by atoms with Crippen molar-refractivity contribution in [3.63, 3.8) is 0 Å². The van der Waals surface area contributed by atoms with Gasteiger partial charge in [-0.25, -0.2) is 0 Å². The first-order valence-electron chi connectivity index (χ1n) is 6.70. The molecule has 2 amide bonds. The second-order valence-electron chi connectivity index (χ2n) is 4.87. The van der Waals surface area contributed by atoms with Crippen molar-refractivity contribution >= 4 is 11.8 Å². The number of amides is 2. The Bertz CT molecular complexity index is 315. The molecule has 0 aromatic heterocycles. The summed E-state index contributed by atoms with van der Waals surface area (Å²) in [5.74, 6) is 0.00215. The second-order valence-corrected chi connectivity index (χ2v) is 4.87. The van der Waals surface area contributed by atoms with Gasteiger partial charge in [0.25, 0.3) is 0 Å². The minimum absolute atomic E-state index is 0.0492. The van der Waals surface area contributed by atoms with Gasteiger partial charge < -0.3 is 20.9 Å². The van der Waals surface area contributed by atoms with Crippen molar-refractivity contribution in [1.29, 1.82) is 0 Å². The zero-order valence-corrected chi connectivity index (χ0v) is 10.9. The van der Waals surface area contributed by atoms with Crippen LogP contribution in [-0.4, -0.2) is 62.0 Å². The molecular weight excluding hydrogens is 232 g/mol. The average molecular weight is 254 g/mol. The van der Waals surface area contributed by atoms with Gasteiger partial charge in [-0.1, -0.05) is 0 Å². The van der Waals surface area contributed by atoms with Crippen LogP contribution in [0.1, 0.15) is 19.3 Å². The lowest BCUT2D eigenvalue weighted by molar-refractivity contribution is -0.143. The predicted octanol–water partition coefficient (Wildman–Crippen LogP) is -1.33. The number of piperazine rings is 1. The first-order valence-corrected chi connectivity index (χ1v) is 6.70. The van der Waals surface area contributed by atoms with Gasteiger partial charge in [0, 0.05) is 33.2 Å². The molecule has 6 heteroatoms. The maximum atomic E-state index is 12.4. The van der Waals surface area contributed by atoms with Crippen molar-refractivity contribution < 1.29 is 9.59 Å². The summed E-state index contributed by atoms with van der Waals surface area (Å²) in [4.78, 5) is 26.0. The number of nitrogens with one attached hydrogen (secondary N) is 3. The van der Waals surface area contributed by atoms with Crippen LogP contribution in [0.4, 0.5) is 0 Å². The first kappa shape index (κ1) is 13.3. The summed E-state index contributed by atoms with van der Waals surface area (Å²) in [5, 5.41) is 9.06. The molecular formula is C12H22N4O2. The molecule has 0 aromatic rings. The van der Waals surface area contributed by atoms with Crippen LogP contribution < -0.4 is 16.0 Å². The Morgan fingerprint density at radius 3 is 2.78 bits per heavy atom. The largest absolute Gasteiger partial charge is 0.357 e. The molecule has 2 saturated heterocycles. The number of rotatable bonds is 2. The van der Waals surface area contributed by atoms with E-state index in [4.69, 9.17) is 0 Å². The van der Waals surface area contributed by atoms with Crippen molar-refractivity contribution in [1.82, 2.24) is 20.9 Å². The molecule has 6 nitrogen and oxygen atoms in total. The van der Waals surface area contributed by atoms with Crippen molar-refractivity contribution in [2.24, 2.45) is 0 Å². The molecule has 2 rings (SSSR count). The molecule has 2 fully saturated rings. The van der Waals surface area contributed by atoms with Gasteiger partial charge in [0.15, 0.2) is 0 Å². The topological polar surface area (TPSA) is 73.5 Å². The van der Waals surface area contributed by atoms with E-state index in [1.54, 1.807) is 11.9 Å². The molecule has 2 unspecified atom stereocenters. The van der Waals surface area contributed by atoms with E-state index in [0.29, 0.717) is 13.1 Å². The Balaban J connectivity index is 2.03. The number of hydrogen-bond donors (Lipinski definition) is 3. The van der Waals surface area contributed by atoms with Crippen LogP contribution >= 0.6 is 0 Å². The SMILES string of the molecule is CNC(=O)C1CCCCN1C(=O)C1CNCCN1. The van der Waals surface area contributed by atoms with E-state index in [-0.39, 0.29) is 23.9 Å². The lowest BCUT2D eigenvalue weighted by atomic mass is 10.00. The normalized spacial score (nSPS) is 28.8. The van der Waals surface area contributed by atoms with E-state index in [9.17, 15) is 9.59 Å². The molecule has 0 bridgehead atoms. The zero-order valence-electron chi connectivity index (χ0n) is 10.9. The van der Waals surface area contributed by atoms with Gasteiger partial charge in [-0.05, 0) is 19.3 Å². The molecule has 2 atom stereocenters. The molecule has 2 aliphatic heterocycles. The number of likely N-dealkylation sites (tertiary alicyclic amines) is 1. The Labute approximate surface area is 107 Å². The van der Waals surface area contributed by atoms with Crippen molar-refractivity contribution in [2.45, 2.75) is 31.3 Å². The van der Waals surface area contributed by atoms with E-state index >= 15 is 0 Å². The first-order chi connectivity index (χ1) is 8.74. The third-order valence-corrected chi connectivity index (χ3v) is 3.67. The average Bonchev–Trinajstić information content (AvgIpc) is 2.46. The highest BCUT2D eigenvalue weighted by atomic mass is 16.2. The molecule has 18 heavy (non-hydrogen) atoms. The lowest BCUT2D eigenvalue weighted by Crippen LogP contribution is -2.61. The van der Waals surface area contributed by atoms with Gasteiger partial charge in [-0.2, -0.15) is 0 Å². The van der Waals surface area contributed by atoms with E-state index < -0.39 is 0 Å². The molecule has 3 N–H and O–H groups in total. The molecule has 2 heterocycles. The third-order valence-electron chi connectivity index (χ3n) is 3.67. The summed E-state index contributed by atoms with van der Waals surface area (Å²) in [5.41, 5.74) is 0. The number of piperidine rings is 1. The Hall–Kier alpha value is -1.14. The van der Waals surface area contributed by atoms with Crippen LogP contribution in [0.2, 0.25) is 0 Å². The fraction of sp³-hybridized carbons (Fsp3) is 0.833. The zero-order chi connectivity index (χ0) is 13.0. The lowest BCUT2D eigenvalue weighted by Gasteiger charge is -2.37. The van der Waals surface area contributed by atoms with Gasteiger partial charge in [-0.3, -0.25) is 9.59 Å². The van der Waals surface area contributed by atoms with Crippen LogP contribution in [-0.2, 0) is 9.59 Å². The summed E-state index contributed by atoms with van der Waals surface area (Å²) in [6.45, 7) is 3.03. The van der Waals surface area contributed by atoms with E-state index in [0.717, 1.165) is 32.4 Å². The molecule has 0 aliphatic carbocycles. The standard InChI is InChI=1S/C12H22N4O2/c1-13-11(17)10-4-2-3-7-16(10)12(18)9-8-14-5-6-15-9/h9-10,14-15H,2-8H2,1H3,(H,13,17). The van der Waals surface area contributed by atoms with Gasteiger partial charge >= 0.3 is 0 Å². The van der Waals surface area contributed by atoms with E-state index in [2.05, 4.69) is 16.0 Å². The Kier molecular flexibility index (Phi) is 4.54. The van der Waals surface area contributed by atoms with Crippen LogP contribution in [0.15, 0.2) is 0 Å². The van der Waals surface area contributed by atoms with Gasteiger partial charge in [0.2, 0.25) is 11.8 Å². The number of likely N-dealkylation sites (N-methyl/N-ethyl adjacent to an activating group) is 1. The summed E-state index contributed by atoms with van der Waals surface area (Å²) in [7, 11) is 1.63. The number of nitrogens with zero attached hydrogens (tertiary/aromatic N) is 1. The molecule has 0 spiro atoms. The van der Waals surface area contributed by atoms with Gasteiger partial charge in [0.1, 0.15) is 6.04 Å². The van der Waals surface area contributed by atoms with Crippen LogP contribution in [0, 0.1) is 0 Å². The number of carbonyl (C=O) groups excluding carboxylic acids is 2. The number of hydrogen-bond acceptors (Lipinski definition) is 4. The monoisotopic (exact) mass is 254 g/mol. The Morgan fingerprint density at radius 2 is 2.11 bits per heavy atom. The number of carbonyl (C=O) groups is 2. The van der Waals surface area contributed by atoms with Crippen molar-refractivity contribution in [3.8, 4) is 0 Å². The Morgan fingerprint density at radius 1 is 1.28 bits per heavy atom. The predicted molar refractivity (Wildman–Crippen MR) is 68.1 cm³/mol. The summed E-state index contributed by atoms with van der Waals surface area (Å²) in [6.07, 6.45) is 2.77. The quantitative estimate of drug-likeness (QED) is 0.571. The molecule has 0 aromatic carbocycles. The molecule has 0 saturated carbocycles. The van der Waals surface area contributed by atoms with Crippen LogP contribution in [0.25, 0.3) is 0 Å². The van der Waals surface area contributed by atoms with Crippen LogP contribution in [0.5, 0.6) is 0 Å². The molecule has 0 radical (unpaired) electrons. The summed E-state index contributed by atoms with van der Waals surface area (Å²) >= 11 is 0. The highest BCUT2D eigenvalue weighted by molar-refractivity contribution is 5.90. The fourth-order valence-corrected chi connectivity index (χ4v) is 2.66. The molecule has 102 valence electrons. The van der Waals surface area contributed by atoms with Crippen molar-refractivity contribution in [2.75, 3.05) is 33.2 Å².